The lowest BCUT2D eigenvalue weighted by Crippen LogP contribution is -2.04. The smallest absolute Gasteiger partial charge is 0.335 e. The quantitative estimate of drug-likeness (QED) is 0.468. The molecule has 4 heteroatoms. The van der Waals surface area contributed by atoms with Crippen LogP contribution in [0.4, 0.5) is 0 Å². The first kappa shape index (κ1) is 18.6. The predicted molar refractivity (Wildman–Crippen MR) is 113 cm³/mol. The highest BCUT2D eigenvalue weighted by Gasteiger charge is 2.10. The van der Waals surface area contributed by atoms with E-state index < -0.39 is 5.97 Å². The Morgan fingerprint density at radius 3 is 2.48 bits per heavy atom. The van der Waals surface area contributed by atoms with Crippen molar-refractivity contribution >= 4 is 5.97 Å². The highest BCUT2D eigenvalue weighted by molar-refractivity contribution is 5.88. The largest absolute Gasteiger partial charge is 0.489 e. The molecule has 0 aliphatic carbocycles. The topological polar surface area (TPSA) is 51.5 Å². The molecule has 0 aliphatic heterocycles. The molecule has 0 saturated carbocycles. The number of carboxylic acid groups (broad SMARTS) is 1. The molecular weight excluding hydrogens is 362 g/mol. The van der Waals surface area contributed by atoms with Crippen LogP contribution >= 0.6 is 0 Å². The summed E-state index contributed by atoms with van der Waals surface area (Å²) in [7, 11) is 0. The van der Waals surface area contributed by atoms with Gasteiger partial charge in [0.15, 0.2) is 0 Å². The van der Waals surface area contributed by atoms with Gasteiger partial charge in [0, 0.05) is 29.6 Å². The maximum absolute atomic E-state index is 11.3. The van der Waals surface area contributed by atoms with Gasteiger partial charge in [-0.3, -0.25) is 0 Å². The van der Waals surface area contributed by atoms with E-state index in [1.807, 2.05) is 77.5 Å². The predicted octanol–water partition coefficient (Wildman–Crippen LogP) is 5.35. The second kappa shape index (κ2) is 8.48. The average molecular weight is 383 g/mol. The molecule has 0 spiro atoms. The number of hydrogen-bond donors (Lipinski definition) is 1. The zero-order chi connectivity index (χ0) is 20.1. The number of carboxylic acids is 1. The average Bonchev–Trinajstić information content (AvgIpc) is 3.22. The Morgan fingerprint density at radius 2 is 1.66 bits per heavy atom. The Bertz CT molecular complexity index is 1120. The number of benzene rings is 3. The van der Waals surface area contributed by atoms with Gasteiger partial charge in [-0.15, -0.1) is 0 Å². The molecule has 1 heterocycles. The van der Waals surface area contributed by atoms with Crippen molar-refractivity contribution in [1.82, 2.24) is 4.57 Å². The summed E-state index contributed by atoms with van der Waals surface area (Å²) in [5.41, 5.74) is 4.36. The molecule has 0 fully saturated rings. The zero-order valence-electron chi connectivity index (χ0n) is 15.9. The van der Waals surface area contributed by atoms with E-state index in [-0.39, 0.29) is 5.56 Å². The minimum absolute atomic E-state index is 0.272. The summed E-state index contributed by atoms with van der Waals surface area (Å²) in [6, 6.07) is 29.1. The Hall–Kier alpha value is -3.79. The number of ether oxygens (including phenoxy) is 1. The molecule has 4 aromatic rings. The van der Waals surface area contributed by atoms with Crippen LogP contribution in [0.1, 0.15) is 27.2 Å². The first-order valence-corrected chi connectivity index (χ1v) is 9.45. The molecule has 29 heavy (non-hydrogen) atoms. The van der Waals surface area contributed by atoms with E-state index in [2.05, 4.69) is 6.07 Å². The van der Waals surface area contributed by atoms with Gasteiger partial charge in [0.2, 0.25) is 0 Å². The van der Waals surface area contributed by atoms with Gasteiger partial charge in [-0.25, -0.2) is 4.79 Å². The second-order valence-corrected chi connectivity index (χ2v) is 6.78. The van der Waals surface area contributed by atoms with Crippen molar-refractivity contribution in [3.63, 3.8) is 0 Å². The van der Waals surface area contributed by atoms with Gasteiger partial charge in [-0.1, -0.05) is 54.6 Å². The maximum atomic E-state index is 11.3. The first-order valence-electron chi connectivity index (χ1n) is 9.45. The van der Waals surface area contributed by atoms with E-state index in [1.165, 1.54) is 0 Å². The van der Waals surface area contributed by atoms with Crippen LogP contribution < -0.4 is 4.74 Å². The molecule has 4 rings (SSSR count). The SMILES string of the molecule is O=C(O)c1cccc(-n2cccc2Cc2ccccc2OCc2ccccc2)c1. The van der Waals surface area contributed by atoms with Gasteiger partial charge in [0.25, 0.3) is 0 Å². The third kappa shape index (κ3) is 4.38. The summed E-state index contributed by atoms with van der Waals surface area (Å²) in [6.45, 7) is 0.513. The normalized spacial score (nSPS) is 10.6. The van der Waals surface area contributed by atoms with Crippen molar-refractivity contribution in [2.75, 3.05) is 0 Å². The van der Waals surface area contributed by atoms with Crippen LogP contribution in [0.25, 0.3) is 5.69 Å². The molecule has 1 aromatic heterocycles. The molecule has 0 aliphatic rings. The van der Waals surface area contributed by atoms with Crippen LogP contribution in [0.2, 0.25) is 0 Å². The summed E-state index contributed by atoms with van der Waals surface area (Å²) < 4.78 is 8.10. The van der Waals surface area contributed by atoms with E-state index in [1.54, 1.807) is 18.2 Å². The van der Waals surface area contributed by atoms with E-state index in [0.717, 1.165) is 28.3 Å². The highest BCUT2D eigenvalue weighted by Crippen LogP contribution is 2.24. The minimum Gasteiger partial charge on any atom is -0.489 e. The molecule has 0 bridgehead atoms. The van der Waals surface area contributed by atoms with Gasteiger partial charge >= 0.3 is 5.97 Å². The zero-order valence-corrected chi connectivity index (χ0v) is 15.9. The van der Waals surface area contributed by atoms with E-state index in [9.17, 15) is 9.90 Å². The second-order valence-electron chi connectivity index (χ2n) is 6.78. The number of carbonyl (C=O) groups is 1. The number of nitrogens with zero attached hydrogens (tertiary/aromatic N) is 1. The van der Waals surface area contributed by atoms with Crippen LogP contribution in [0.5, 0.6) is 5.75 Å². The Balaban J connectivity index is 1.58. The molecule has 0 unspecified atom stereocenters. The molecule has 0 radical (unpaired) electrons. The van der Waals surface area contributed by atoms with Crippen LogP contribution in [-0.4, -0.2) is 15.6 Å². The van der Waals surface area contributed by atoms with Gasteiger partial charge in [-0.2, -0.15) is 0 Å². The molecular formula is C25H21NO3. The molecule has 4 nitrogen and oxygen atoms in total. The lowest BCUT2D eigenvalue weighted by Gasteiger charge is -2.14. The minimum atomic E-state index is -0.930. The number of aromatic carboxylic acids is 1. The van der Waals surface area contributed by atoms with Crippen LogP contribution in [0.15, 0.2) is 97.2 Å². The monoisotopic (exact) mass is 383 g/mol. The number of rotatable bonds is 7. The Kier molecular flexibility index (Phi) is 5.43. The Labute approximate surface area is 169 Å². The molecule has 3 aromatic carbocycles. The van der Waals surface area contributed by atoms with Gasteiger partial charge in [0.1, 0.15) is 12.4 Å². The Morgan fingerprint density at radius 1 is 0.862 bits per heavy atom. The molecule has 0 atom stereocenters. The van der Waals surface area contributed by atoms with Crippen LogP contribution in [0, 0.1) is 0 Å². The molecule has 0 amide bonds. The van der Waals surface area contributed by atoms with Crippen molar-refractivity contribution in [3.05, 3.63) is 120 Å². The van der Waals surface area contributed by atoms with Crippen molar-refractivity contribution in [2.24, 2.45) is 0 Å². The summed E-state index contributed by atoms with van der Waals surface area (Å²) in [4.78, 5) is 11.3. The summed E-state index contributed by atoms with van der Waals surface area (Å²) >= 11 is 0. The third-order valence-electron chi connectivity index (χ3n) is 4.79. The summed E-state index contributed by atoms with van der Waals surface area (Å²) in [5.74, 6) is -0.0800. The van der Waals surface area contributed by atoms with Crippen molar-refractivity contribution in [3.8, 4) is 11.4 Å². The summed E-state index contributed by atoms with van der Waals surface area (Å²) in [5, 5.41) is 9.27. The lowest BCUT2D eigenvalue weighted by atomic mass is 10.1. The first-order chi connectivity index (χ1) is 14.2. The van der Waals surface area contributed by atoms with Gasteiger partial charge < -0.3 is 14.4 Å². The highest BCUT2D eigenvalue weighted by atomic mass is 16.5. The number of para-hydroxylation sites is 1. The standard InChI is InChI=1S/C25H21NO3/c27-25(28)21-11-6-12-22(17-21)26-15-7-13-23(26)16-20-10-4-5-14-24(20)29-18-19-8-2-1-3-9-19/h1-15,17H,16,18H2,(H,27,28). The lowest BCUT2D eigenvalue weighted by molar-refractivity contribution is 0.0697. The summed E-state index contributed by atoms with van der Waals surface area (Å²) in [6.07, 6.45) is 2.62. The van der Waals surface area contributed by atoms with E-state index >= 15 is 0 Å². The van der Waals surface area contributed by atoms with E-state index in [0.29, 0.717) is 13.0 Å². The van der Waals surface area contributed by atoms with Crippen molar-refractivity contribution in [2.45, 2.75) is 13.0 Å². The molecule has 0 saturated heterocycles. The fourth-order valence-corrected chi connectivity index (χ4v) is 3.32. The molecule has 1 N–H and O–H groups in total. The van der Waals surface area contributed by atoms with Crippen molar-refractivity contribution < 1.29 is 14.6 Å². The molecule has 144 valence electrons. The van der Waals surface area contributed by atoms with E-state index in [4.69, 9.17) is 4.74 Å². The van der Waals surface area contributed by atoms with Crippen LogP contribution in [0.3, 0.4) is 0 Å². The fourth-order valence-electron chi connectivity index (χ4n) is 3.32. The van der Waals surface area contributed by atoms with Crippen LogP contribution in [-0.2, 0) is 13.0 Å². The van der Waals surface area contributed by atoms with Crippen molar-refractivity contribution in [1.29, 1.82) is 0 Å². The number of aromatic nitrogens is 1. The van der Waals surface area contributed by atoms with Gasteiger partial charge in [0.05, 0.1) is 5.56 Å². The van der Waals surface area contributed by atoms with Gasteiger partial charge in [-0.05, 0) is 42.0 Å². The number of hydrogen-bond acceptors (Lipinski definition) is 2. The third-order valence-corrected chi connectivity index (χ3v) is 4.79. The fraction of sp³-hybridized carbons (Fsp3) is 0.0800. The maximum Gasteiger partial charge on any atom is 0.335 e.